The highest BCUT2D eigenvalue weighted by molar-refractivity contribution is 5.82. The highest BCUT2D eigenvalue weighted by Gasteiger charge is 2.37. The van der Waals surface area contributed by atoms with E-state index in [1.54, 1.807) is 73.1 Å². The molecule has 77 heavy (non-hydrogen) atoms. The minimum absolute atomic E-state index is 0.00740. The summed E-state index contributed by atoms with van der Waals surface area (Å²) in [6, 6.07) is 10.8. The molecule has 0 saturated carbocycles. The SMILES string of the molecule is CCOC(=O)C[C@H](NC(=O)C(CC(C)C)n1cc(CCN2CCC2CCc2cc(-c3c(C)cc(OC)cc3C)cc([C@@H](N)CC(=O)OCC)c2F)c(C(F)(F)F)cc1=O)c1cc(-c2c(C)cc(OC)cc2C)cc(C)c1F. The Morgan fingerprint density at radius 2 is 1.27 bits per heavy atom. The smallest absolute Gasteiger partial charge is 0.416 e. The largest absolute Gasteiger partial charge is 0.497 e. The van der Waals surface area contributed by atoms with Crippen molar-refractivity contribution in [1.82, 2.24) is 14.8 Å². The van der Waals surface area contributed by atoms with Gasteiger partial charge in [0, 0.05) is 42.0 Å². The van der Waals surface area contributed by atoms with E-state index in [0.29, 0.717) is 53.6 Å². The van der Waals surface area contributed by atoms with Crippen LogP contribution in [0.3, 0.4) is 0 Å². The first-order valence-corrected chi connectivity index (χ1v) is 26.3. The second-order valence-corrected chi connectivity index (χ2v) is 20.6. The summed E-state index contributed by atoms with van der Waals surface area (Å²) in [5.41, 5.74) is 11.2. The number of esters is 2. The molecule has 416 valence electrons. The van der Waals surface area contributed by atoms with Gasteiger partial charge in [0.2, 0.25) is 5.91 Å². The molecule has 4 aromatic carbocycles. The number of aromatic nitrogens is 1. The van der Waals surface area contributed by atoms with Crippen molar-refractivity contribution < 1.29 is 55.3 Å². The molecule has 2 unspecified atom stereocenters. The van der Waals surface area contributed by atoms with Gasteiger partial charge in [-0.3, -0.25) is 24.1 Å². The fourth-order valence-corrected chi connectivity index (χ4v) is 10.7. The molecule has 17 heteroatoms. The molecule has 4 atom stereocenters. The van der Waals surface area contributed by atoms with Gasteiger partial charge in [0.25, 0.3) is 5.56 Å². The molecule has 0 spiro atoms. The monoisotopic (exact) mass is 1070 g/mol. The number of benzene rings is 4. The Hall–Kier alpha value is -6.59. The Labute approximate surface area is 448 Å². The van der Waals surface area contributed by atoms with E-state index < -0.39 is 71.3 Å². The van der Waals surface area contributed by atoms with Crippen LogP contribution in [0.15, 0.2) is 65.6 Å². The Balaban J connectivity index is 1.29. The van der Waals surface area contributed by atoms with Crippen LogP contribution in [0.4, 0.5) is 22.0 Å². The van der Waals surface area contributed by atoms with E-state index in [9.17, 15) is 32.3 Å². The summed E-state index contributed by atoms with van der Waals surface area (Å²) in [6.07, 6.45) is -3.29. The summed E-state index contributed by atoms with van der Waals surface area (Å²) in [5.74, 6) is -2.27. The molecule has 0 bridgehead atoms. The van der Waals surface area contributed by atoms with Crippen LogP contribution in [0, 0.1) is 52.2 Å². The molecule has 6 rings (SSSR count). The molecule has 0 aliphatic carbocycles. The van der Waals surface area contributed by atoms with Gasteiger partial charge in [-0.1, -0.05) is 13.8 Å². The zero-order valence-electron chi connectivity index (χ0n) is 46.1. The van der Waals surface area contributed by atoms with Gasteiger partial charge in [-0.15, -0.1) is 0 Å². The molecular formula is C60H73F5N4O8. The molecule has 2 heterocycles. The molecule has 1 aliphatic heterocycles. The number of amides is 1. The number of ether oxygens (including phenoxy) is 4. The van der Waals surface area contributed by atoms with Gasteiger partial charge < -0.3 is 34.6 Å². The summed E-state index contributed by atoms with van der Waals surface area (Å²) in [5, 5.41) is 2.81. The van der Waals surface area contributed by atoms with Crippen LogP contribution in [0.5, 0.6) is 11.5 Å². The van der Waals surface area contributed by atoms with E-state index in [1.807, 2.05) is 56.9 Å². The Bertz CT molecular complexity index is 2980. The molecule has 1 saturated heterocycles. The lowest BCUT2D eigenvalue weighted by Crippen LogP contribution is -2.48. The van der Waals surface area contributed by atoms with Gasteiger partial charge in [0.1, 0.15) is 29.2 Å². The second kappa shape index (κ2) is 25.7. The van der Waals surface area contributed by atoms with Gasteiger partial charge >= 0.3 is 18.1 Å². The van der Waals surface area contributed by atoms with Crippen molar-refractivity contribution in [2.24, 2.45) is 11.7 Å². The van der Waals surface area contributed by atoms with Crippen LogP contribution in [-0.4, -0.2) is 73.9 Å². The Morgan fingerprint density at radius 3 is 1.78 bits per heavy atom. The number of methoxy groups -OCH3 is 2. The lowest BCUT2D eigenvalue weighted by atomic mass is 9.88. The summed E-state index contributed by atoms with van der Waals surface area (Å²) in [4.78, 5) is 56.3. The minimum Gasteiger partial charge on any atom is -0.497 e. The van der Waals surface area contributed by atoms with E-state index in [0.717, 1.165) is 44.1 Å². The van der Waals surface area contributed by atoms with Gasteiger partial charge in [-0.05, 0) is 203 Å². The number of nitrogens with one attached hydrogen (secondary N) is 1. The van der Waals surface area contributed by atoms with Gasteiger partial charge in [-0.25, -0.2) is 8.78 Å². The number of carbonyl (C=O) groups excluding carboxylic acids is 3. The van der Waals surface area contributed by atoms with Crippen molar-refractivity contribution in [3.63, 3.8) is 0 Å². The molecule has 12 nitrogen and oxygen atoms in total. The van der Waals surface area contributed by atoms with E-state index in [-0.39, 0.29) is 79.7 Å². The first kappa shape index (κ1) is 59.7. The third kappa shape index (κ3) is 14.3. The molecule has 0 radical (unpaired) electrons. The standard InChI is InChI=1S/C60H73F5N4O8/c1-12-76-53(71)30-49(66)46-27-42(56-36(7)24-45(75-11)25-37(56)8)26-39(58(46)62)14-15-43-17-19-68(43)18-16-40-32-69(52(70)29-48(40)60(63,64)65)51(20-33(3)4)59(73)67-50(31-54(72)77-13-2)47-28-41(21-38(9)57(47)61)55-34(5)22-44(74-10)23-35(55)6/h21-29,32-33,43,49-51H,12-20,30-31,66H2,1-11H3,(H,67,73)/t43?,49-,50-,51?/m0/s1. The number of halogens is 5. The third-order valence-corrected chi connectivity index (χ3v) is 14.5. The number of hydrogen-bond donors (Lipinski definition) is 2. The zero-order chi connectivity index (χ0) is 56.6. The maximum atomic E-state index is 16.6. The maximum absolute atomic E-state index is 16.6. The number of aryl methyl sites for hydroxylation is 6. The highest BCUT2D eigenvalue weighted by atomic mass is 19.4. The molecule has 1 fully saturated rings. The predicted molar refractivity (Wildman–Crippen MR) is 287 cm³/mol. The van der Waals surface area contributed by atoms with Crippen LogP contribution in [-0.2, 0) is 42.9 Å². The topological polar surface area (TPSA) is 151 Å². The minimum atomic E-state index is -4.92. The van der Waals surface area contributed by atoms with E-state index >= 15 is 8.78 Å². The maximum Gasteiger partial charge on any atom is 0.416 e. The number of nitrogens with two attached hydrogens (primary N) is 1. The van der Waals surface area contributed by atoms with Crippen molar-refractivity contribution in [3.8, 4) is 33.8 Å². The summed E-state index contributed by atoms with van der Waals surface area (Å²) >= 11 is 0. The fraction of sp³-hybridized carbons (Fsp3) is 0.467. The molecule has 1 aromatic heterocycles. The van der Waals surface area contributed by atoms with Gasteiger partial charge in [-0.2, -0.15) is 13.2 Å². The fourth-order valence-electron chi connectivity index (χ4n) is 10.7. The lowest BCUT2D eigenvalue weighted by Gasteiger charge is -2.41. The Kier molecular flexibility index (Phi) is 19.9. The summed E-state index contributed by atoms with van der Waals surface area (Å²) < 4.78 is 99.9. The average Bonchev–Trinajstić information content (AvgIpc) is 3.34. The molecular weight excluding hydrogens is 1000 g/mol. The predicted octanol–water partition coefficient (Wildman–Crippen LogP) is 11.6. The van der Waals surface area contributed by atoms with E-state index in [1.165, 1.54) is 0 Å². The number of rotatable bonds is 23. The van der Waals surface area contributed by atoms with Gasteiger partial charge in [0.05, 0.1) is 51.9 Å². The zero-order valence-corrected chi connectivity index (χ0v) is 46.1. The molecule has 1 amide bonds. The normalized spacial score (nSPS) is 14.9. The summed E-state index contributed by atoms with van der Waals surface area (Å²) in [6.45, 7) is 16.9. The number of nitrogens with zero attached hydrogens (tertiary/aromatic N) is 2. The van der Waals surface area contributed by atoms with Crippen LogP contribution in [0.1, 0.15) is 134 Å². The second-order valence-electron chi connectivity index (χ2n) is 20.6. The number of carbonyl (C=O) groups is 3. The number of pyridine rings is 1. The summed E-state index contributed by atoms with van der Waals surface area (Å²) in [7, 11) is 3.13. The first-order valence-electron chi connectivity index (χ1n) is 26.3. The number of hydrogen-bond acceptors (Lipinski definition) is 10. The third-order valence-electron chi connectivity index (χ3n) is 14.5. The van der Waals surface area contributed by atoms with Crippen molar-refractivity contribution in [2.45, 2.75) is 138 Å². The highest BCUT2D eigenvalue weighted by Crippen LogP contribution is 2.39. The van der Waals surface area contributed by atoms with E-state index in [4.69, 9.17) is 24.7 Å². The quantitative estimate of drug-likeness (QED) is 0.0478. The first-order chi connectivity index (χ1) is 36.4. The van der Waals surface area contributed by atoms with Crippen LogP contribution >= 0.6 is 0 Å². The molecule has 3 N–H and O–H groups in total. The lowest BCUT2D eigenvalue weighted by molar-refractivity contribution is -0.144. The average molecular weight is 1070 g/mol. The molecule has 5 aromatic rings. The van der Waals surface area contributed by atoms with Crippen LogP contribution < -0.4 is 26.1 Å². The van der Waals surface area contributed by atoms with Crippen LogP contribution in [0.25, 0.3) is 22.3 Å². The van der Waals surface area contributed by atoms with Crippen molar-refractivity contribution >= 4 is 17.8 Å². The Morgan fingerprint density at radius 1 is 0.727 bits per heavy atom. The van der Waals surface area contributed by atoms with E-state index in [2.05, 4.69) is 5.32 Å². The number of alkyl halides is 3. The van der Waals surface area contributed by atoms with Crippen molar-refractivity contribution in [3.05, 3.63) is 138 Å². The van der Waals surface area contributed by atoms with Crippen molar-refractivity contribution in [2.75, 3.05) is 40.5 Å². The number of likely N-dealkylation sites (tertiary alicyclic amines) is 1. The van der Waals surface area contributed by atoms with Gasteiger partial charge in [0.15, 0.2) is 0 Å². The van der Waals surface area contributed by atoms with Crippen molar-refractivity contribution in [1.29, 1.82) is 0 Å². The van der Waals surface area contributed by atoms with Crippen LogP contribution in [0.2, 0.25) is 0 Å². The molecule has 1 aliphatic rings.